The number of hydrogen-bond acceptors (Lipinski definition) is 3. The van der Waals surface area contributed by atoms with Crippen molar-refractivity contribution < 1.29 is 8.42 Å². The zero-order valence-corrected chi connectivity index (χ0v) is 14.5. The first-order chi connectivity index (χ1) is 11.0. The van der Waals surface area contributed by atoms with Crippen molar-refractivity contribution in [1.29, 1.82) is 0 Å². The van der Waals surface area contributed by atoms with Crippen molar-refractivity contribution >= 4 is 27.3 Å². The average molecular weight is 351 g/mol. The molecule has 3 rings (SSSR count). The smallest absolute Gasteiger partial charge is 0.243 e. The lowest BCUT2D eigenvalue weighted by Gasteiger charge is -2.35. The van der Waals surface area contributed by atoms with Crippen LogP contribution in [-0.4, -0.2) is 38.9 Å². The number of benzene rings is 2. The van der Waals surface area contributed by atoms with E-state index in [9.17, 15) is 8.42 Å². The Morgan fingerprint density at radius 2 is 1.61 bits per heavy atom. The topological polar surface area (TPSA) is 40.6 Å². The van der Waals surface area contributed by atoms with E-state index in [4.69, 9.17) is 11.6 Å². The molecule has 0 spiro atoms. The number of aryl methyl sites for hydroxylation is 1. The van der Waals surface area contributed by atoms with Gasteiger partial charge in [-0.1, -0.05) is 35.9 Å². The molecule has 0 bridgehead atoms. The number of halogens is 1. The summed E-state index contributed by atoms with van der Waals surface area (Å²) in [4.78, 5) is 2.51. The van der Waals surface area contributed by atoms with E-state index in [-0.39, 0.29) is 0 Å². The van der Waals surface area contributed by atoms with Crippen LogP contribution in [0.1, 0.15) is 5.56 Å². The Bertz CT molecular complexity index is 785. The molecular formula is C17H19ClN2O2S. The number of nitrogens with zero attached hydrogens (tertiary/aromatic N) is 2. The molecule has 1 aliphatic heterocycles. The van der Waals surface area contributed by atoms with Crippen LogP contribution in [0, 0.1) is 6.92 Å². The molecular weight excluding hydrogens is 332 g/mol. The summed E-state index contributed by atoms with van der Waals surface area (Å²) < 4.78 is 27.3. The number of rotatable bonds is 3. The maximum atomic E-state index is 12.9. The zero-order valence-electron chi connectivity index (χ0n) is 12.9. The van der Waals surface area contributed by atoms with E-state index < -0.39 is 10.0 Å². The van der Waals surface area contributed by atoms with E-state index in [0.717, 1.165) is 11.3 Å². The van der Waals surface area contributed by atoms with Gasteiger partial charge < -0.3 is 4.90 Å². The van der Waals surface area contributed by atoms with Gasteiger partial charge in [0.1, 0.15) is 0 Å². The molecule has 1 heterocycles. The van der Waals surface area contributed by atoms with Gasteiger partial charge in [-0.2, -0.15) is 4.31 Å². The summed E-state index contributed by atoms with van der Waals surface area (Å²) in [5.74, 6) is 0. The van der Waals surface area contributed by atoms with Crippen molar-refractivity contribution in [1.82, 2.24) is 4.31 Å². The van der Waals surface area contributed by atoms with Gasteiger partial charge in [-0.25, -0.2) is 8.42 Å². The van der Waals surface area contributed by atoms with Crippen LogP contribution in [0.2, 0.25) is 5.02 Å². The minimum atomic E-state index is -3.50. The molecule has 0 amide bonds. The Balaban J connectivity index is 1.78. The van der Waals surface area contributed by atoms with Gasteiger partial charge in [-0.15, -0.1) is 0 Å². The van der Waals surface area contributed by atoms with Crippen LogP contribution in [-0.2, 0) is 10.0 Å². The molecule has 0 N–H and O–H groups in total. The minimum Gasteiger partial charge on any atom is -0.369 e. The summed E-state index contributed by atoms with van der Waals surface area (Å²) in [5, 5.41) is 0.442. The van der Waals surface area contributed by atoms with Crippen LogP contribution in [0.4, 0.5) is 5.69 Å². The van der Waals surface area contributed by atoms with Crippen LogP contribution in [0.15, 0.2) is 53.4 Å². The fraction of sp³-hybridized carbons (Fsp3) is 0.294. The lowest BCUT2D eigenvalue weighted by molar-refractivity contribution is 0.384. The van der Waals surface area contributed by atoms with Crippen LogP contribution < -0.4 is 4.90 Å². The molecule has 0 aromatic heterocycles. The van der Waals surface area contributed by atoms with Gasteiger partial charge in [0, 0.05) is 36.9 Å². The Hall–Kier alpha value is -1.56. The highest BCUT2D eigenvalue weighted by molar-refractivity contribution is 7.89. The summed E-state index contributed by atoms with van der Waals surface area (Å²) in [6.07, 6.45) is 0. The first-order valence-electron chi connectivity index (χ1n) is 7.55. The van der Waals surface area contributed by atoms with E-state index in [1.807, 2.05) is 30.3 Å². The van der Waals surface area contributed by atoms with Crippen LogP contribution in [0.25, 0.3) is 0 Å². The molecule has 0 aliphatic carbocycles. The van der Waals surface area contributed by atoms with Gasteiger partial charge >= 0.3 is 0 Å². The van der Waals surface area contributed by atoms with Gasteiger partial charge in [0.05, 0.1) is 4.90 Å². The third-order valence-electron chi connectivity index (χ3n) is 4.13. The van der Waals surface area contributed by atoms with E-state index >= 15 is 0 Å². The fourth-order valence-corrected chi connectivity index (χ4v) is 4.73. The first kappa shape index (κ1) is 16.3. The van der Waals surface area contributed by atoms with Gasteiger partial charge in [-0.05, 0) is 36.8 Å². The van der Waals surface area contributed by atoms with Gasteiger partial charge in [0.15, 0.2) is 0 Å². The summed E-state index contributed by atoms with van der Waals surface area (Å²) in [6.45, 7) is 4.11. The molecule has 0 unspecified atom stereocenters. The average Bonchev–Trinajstić information content (AvgIpc) is 2.58. The Labute approximate surface area is 142 Å². The fourth-order valence-electron chi connectivity index (χ4n) is 2.82. The highest BCUT2D eigenvalue weighted by Crippen LogP contribution is 2.25. The Kier molecular flexibility index (Phi) is 4.62. The molecule has 1 aliphatic rings. The van der Waals surface area contributed by atoms with Crippen molar-refractivity contribution in [2.24, 2.45) is 0 Å². The van der Waals surface area contributed by atoms with Gasteiger partial charge in [0.2, 0.25) is 10.0 Å². The lowest BCUT2D eigenvalue weighted by Crippen LogP contribution is -2.48. The van der Waals surface area contributed by atoms with E-state index in [2.05, 4.69) is 4.90 Å². The second-order valence-corrected chi connectivity index (χ2v) is 7.98. The van der Waals surface area contributed by atoms with Crippen molar-refractivity contribution in [3.8, 4) is 0 Å². The van der Waals surface area contributed by atoms with Crippen molar-refractivity contribution in [2.45, 2.75) is 11.8 Å². The molecule has 4 nitrogen and oxygen atoms in total. The molecule has 0 saturated carbocycles. The predicted octanol–water partition coefficient (Wildman–Crippen LogP) is 3.16. The maximum absolute atomic E-state index is 12.9. The maximum Gasteiger partial charge on any atom is 0.243 e. The highest BCUT2D eigenvalue weighted by Gasteiger charge is 2.29. The lowest BCUT2D eigenvalue weighted by atomic mass is 10.2. The normalized spacial score (nSPS) is 16.5. The molecule has 0 atom stereocenters. The van der Waals surface area contributed by atoms with Crippen molar-refractivity contribution in [3.63, 3.8) is 0 Å². The standard InChI is InChI=1S/C17H19ClN2O2S/c1-14-7-8-15(18)13-17(14)23(21,22)20-11-9-19(10-12-20)16-5-3-2-4-6-16/h2-8,13H,9-12H2,1H3. The molecule has 6 heteroatoms. The SMILES string of the molecule is Cc1ccc(Cl)cc1S(=O)(=O)N1CCN(c2ccccc2)CC1. The monoisotopic (exact) mass is 350 g/mol. The Morgan fingerprint density at radius 1 is 0.957 bits per heavy atom. The summed E-state index contributed by atoms with van der Waals surface area (Å²) >= 11 is 5.97. The second kappa shape index (κ2) is 6.51. The number of piperazine rings is 1. The van der Waals surface area contributed by atoms with Crippen LogP contribution in [0.5, 0.6) is 0 Å². The molecule has 1 fully saturated rings. The van der Waals surface area contributed by atoms with E-state index in [1.165, 1.54) is 6.07 Å². The molecule has 122 valence electrons. The number of anilines is 1. The quantitative estimate of drug-likeness (QED) is 0.853. The third kappa shape index (κ3) is 3.37. The highest BCUT2D eigenvalue weighted by atomic mass is 35.5. The van der Waals surface area contributed by atoms with E-state index in [0.29, 0.717) is 36.1 Å². The zero-order chi connectivity index (χ0) is 16.4. The number of hydrogen-bond donors (Lipinski definition) is 0. The Morgan fingerprint density at radius 3 is 2.26 bits per heavy atom. The van der Waals surface area contributed by atoms with Crippen molar-refractivity contribution in [2.75, 3.05) is 31.1 Å². The van der Waals surface area contributed by atoms with Gasteiger partial charge in [-0.3, -0.25) is 0 Å². The number of sulfonamides is 1. The minimum absolute atomic E-state index is 0.304. The number of para-hydroxylation sites is 1. The van der Waals surface area contributed by atoms with Gasteiger partial charge in [0.25, 0.3) is 0 Å². The first-order valence-corrected chi connectivity index (χ1v) is 9.36. The third-order valence-corrected chi connectivity index (χ3v) is 6.40. The predicted molar refractivity (Wildman–Crippen MR) is 93.6 cm³/mol. The molecule has 0 radical (unpaired) electrons. The van der Waals surface area contributed by atoms with Crippen LogP contribution in [0.3, 0.4) is 0 Å². The summed E-state index contributed by atoms with van der Waals surface area (Å²) in [7, 11) is -3.50. The molecule has 23 heavy (non-hydrogen) atoms. The largest absolute Gasteiger partial charge is 0.369 e. The summed E-state index contributed by atoms with van der Waals surface area (Å²) in [6, 6.07) is 15.1. The van der Waals surface area contributed by atoms with E-state index in [1.54, 1.807) is 23.4 Å². The molecule has 2 aromatic rings. The van der Waals surface area contributed by atoms with Crippen LogP contribution >= 0.6 is 11.6 Å². The molecule has 1 saturated heterocycles. The second-order valence-electron chi connectivity index (χ2n) is 5.64. The summed E-state index contributed by atoms with van der Waals surface area (Å²) in [5.41, 5.74) is 1.85. The van der Waals surface area contributed by atoms with Crippen molar-refractivity contribution in [3.05, 3.63) is 59.1 Å². The molecule has 2 aromatic carbocycles.